The Morgan fingerprint density at radius 3 is 3.19 bits per heavy atom. The SMILES string of the molecule is OCC1CCCc2cnc(C3CCSC3)n21. The lowest BCUT2D eigenvalue weighted by Crippen LogP contribution is -2.23. The summed E-state index contributed by atoms with van der Waals surface area (Å²) < 4.78 is 2.33. The Morgan fingerprint density at radius 2 is 2.44 bits per heavy atom. The molecule has 2 aliphatic heterocycles. The van der Waals surface area contributed by atoms with Gasteiger partial charge >= 0.3 is 0 Å². The van der Waals surface area contributed by atoms with E-state index in [1.807, 2.05) is 18.0 Å². The molecule has 3 nitrogen and oxygen atoms in total. The molecule has 0 radical (unpaired) electrons. The number of aliphatic hydroxyl groups is 1. The van der Waals surface area contributed by atoms with Gasteiger partial charge in [0, 0.05) is 23.6 Å². The average molecular weight is 238 g/mol. The second-order valence-electron chi connectivity index (χ2n) is 4.77. The van der Waals surface area contributed by atoms with E-state index in [0.29, 0.717) is 5.92 Å². The fraction of sp³-hybridized carbons (Fsp3) is 0.750. The van der Waals surface area contributed by atoms with Crippen LogP contribution in [0.3, 0.4) is 0 Å². The molecule has 1 aromatic rings. The van der Waals surface area contributed by atoms with Gasteiger partial charge in [0.15, 0.2) is 0 Å². The summed E-state index contributed by atoms with van der Waals surface area (Å²) in [5, 5.41) is 9.47. The number of thioether (sulfide) groups is 1. The van der Waals surface area contributed by atoms with Gasteiger partial charge in [0.25, 0.3) is 0 Å². The molecule has 2 unspecified atom stereocenters. The molecule has 2 aliphatic rings. The number of hydrogen-bond donors (Lipinski definition) is 1. The van der Waals surface area contributed by atoms with Crippen LogP contribution in [0.2, 0.25) is 0 Å². The molecule has 3 heterocycles. The zero-order chi connectivity index (χ0) is 11.0. The van der Waals surface area contributed by atoms with Crippen molar-refractivity contribution in [2.24, 2.45) is 0 Å². The molecule has 0 spiro atoms. The highest BCUT2D eigenvalue weighted by atomic mass is 32.2. The third-order valence-electron chi connectivity index (χ3n) is 3.74. The van der Waals surface area contributed by atoms with Gasteiger partial charge in [-0.1, -0.05) is 0 Å². The van der Waals surface area contributed by atoms with Crippen molar-refractivity contribution in [1.82, 2.24) is 9.55 Å². The molecule has 0 aliphatic carbocycles. The molecule has 16 heavy (non-hydrogen) atoms. The minimum Gasteiger partial charge on any atom is -0.394 e. The van der Waals surface area contributed by atoms with Crippen molar-refractivity contribution in [1.29, 1.82) is 0 Å². The second-order valence-corrected chi connectivity index (χ2v) is 5.92. The summed E-state index contributed by atoms with van der Waals surface area (Å²) in [7, 11) is 0. The Balaban J connectivity index is 1.96. The summed E-state index contributed by atoms with van der Waals surface area (Å²) in [6.07, 6.45) is 6.70. The molecule has 1 N–H and O–H groups in total. The third-order valence-corrected chi connectivity index (χ3v) is 4.91. The Hall–Kier alpha value is -0.480. The van der Waals surface area contributed by atoms with Crippen molar-refractivity contribution < 1.29 is 5.11 Å². The summed E-state index contributed by atoms with van der Waals surface area (Å²) in [6, 6.07) is 0.284. The maximum atomic E-state index is 9.47. The number of fused-ring (bicyclic) bond motifs is 1. The van der Waals surface area contributed by atoms with E-state index < -0.39 is 0 Å². The molecule has 0 aromatic carbocycles. The number of nitrogens with zero attached hydrogens (tertiary/aromatic N) is 2. The van der Waals surface area contributed by atoms with E-state index in [1.165, 1.54) is 35.9 Å². The molecular formula is C12H18N2OS. The molecule has 88 valence electrons. The van der Waals surface area contributed by atoms with Gasteiger partial charge in [-0.25, -0.2) is 4.98 Å². The average Bonchev–Trinajstić information content (AvgIpc) is 2.96. The van der Waals surface area contributed by atoms with E-state index in [-0.39, 0.29) is 12.6 Å². The molecule has 1 aromatic heterocycles. The Morgan fingerprint density at radius 1 is 1.50 bits per heavy atom. The zero-order valence-electron chi connectivity index (χ0n) is 9.43. The maximum Gasteiger partial charge on any atom is 0.113 e. The molecular weight excluding hydrogens is 220 g/mol. The minimum atomic E-state index is 0.260. The monoisotopic (exact) mass is 238 g/mol. The number of rotatable bonds is 2. The normalized spacial score (nSPS) is 29.3. The van der Waals surface area contributed by atoms with E-state index in [2.05, 4.69) is 9.55 Å². The lowest BCUT2D eigenvalue weighted by atomic mass is 10.0. The predicted molar refractivity (Wildman–Crippen MR) is 66.0 cm³/mol. The van der Waals surface area contributed by atoms with Crippen molar-refractivity contribution in [3.63, 3.8) is 0 Å². The highest BCUT2D eigenvalue weighted by Crippen LogP contribution is 2.35. The van der Waals surface area contributed by atoms with E-state index >= 15 is 0 Å². The van der Waals surface area contributed by atoms with Gasteiger partial charge in [0.05, 0.1) is 12.6 Å². The predicted octanol–water partition coefficient (Wildman–Crippen LogP) is 1.97. The largest absolute Gasteiger partial charge is 0.394 e. The zero-order valence-corrected chi connectivity index (χ0v) is 10.2. The summed E-state index contributed by atoms with van der Waals surface area (Å²) in [4.78, 5) is 4.62. The topological polar surface area (TPSA) is 38.1 Å². The Bertz CT molecular complexity index is 371. The van der Waals surface area contributed by atoms with E-state index in [4.69, 9.17) is 0 Å². The van der Waals surface area contributed by atoms with E-state index in [9.17, 15) is 5.11 Å². The molecule has 0 bridgehead atoms. The van der Waals surface area contributed by atoms with Crippen molar-refractivity contribution in [2.75, 3.05) is 18.1 Å². The van der Waals surface area contributed by atoms with Crippen LogP contribution in [0, 0.1) is 0 Å². The quantitative estimate of drug-likeness (QED) is 0.856. The highest BCUT2D eigenvalue weighted by molar-refractivity contribution is 7.99. The molecule has 3 rings (SSSR count). The minimum absolute atomic E-state index is 0.260. The molecule has 0 saturated carbocycles. The molecule has 0 amide bonds. The summed E-state index contributed by atoms with van der Waals surface area (Å²) in [5.41, 5.74) is 1.33. The summed E-state index contributed by atoms with van der Waals surface area (Å²) in [6.45, 7) is 0.260. The van der Waals surface area contributed by atoms with Crippen molar-refractivity contribution in [3.05, 3.63) is 17.7 Å². The third kappa shape index (κ3) is 1.68. The Labute approximate surface area is 100 Å². The standard InChI is InChI=1S/C12H18N2OS/c15-7-11-3-1-2-10-6-13-12(14(10)11)9-4-5-16-8-9/h6,9,11,15H,1-5,7-8H2. The van der Waals surface area contributed by atoms with Crippen molar-refractivity contribution in [3.8, 4) is 0 Å². The van der Waals surface area contributed by atoms with E-state index in [0.717, 1.165) is 12.8 Å². The fourth-order valence-corrected chi connectivity index (χ4v) is 4.10. The first kappa shape index (κ1) is 10.7. The van der Waals surface area contributed by atoms with Gasteiger partial charge in [-0.05, 0) is 31.4 Å². The van der Waals surface area contributed by atoms with Gasteiger partial charge in [-0.2, -0.15) is 11.8 Å². The van der Waals surface area contributed by atoms with Crippen molar-refractivity contribution in [2.45, 2.75) is 37.6 Å². The number of aromatic nitrogens is 2. The molecule has 1 saturated heterocycles. The number of aryl methyl sites for hydroxylation is 1. The fourth-order valence-electron chi connectivity index (χ4n) is 2.88. The highest BCUT2D eigenvalue weighted by Gasteiger charge is 2.28. The molecule has 4 heteroatoms. The van der Waals surface area contributed by atoms with Crippen LogP contribution in [0.25, 0.3) is 0 Å². The first-order valence-corrected chi connectivity index (χ1v) is 7.30. The summed E-state index contributed by atoms with van der Waals surface area (Å²) in [5.74, 6) is 4.32. The first-order chi connectivity index (χ1) is 7.90. The number of imidazole rings is 1. The van der Waals surface area contributed by atoms with Gasteiger partial charge in [0.1, 0.15) is 5.82 Å². The van der Waals surface area contributed by atoms with E-state index in [1.54, 1.807) is 0 Å². The second kappa shape index (κ2) is 4.41. The smallest absolute Gasteiger partial charge is 0.113 e. The molecule has 2 atom stereocenters. The number of aliphatic hydroxyl groups excluding tert-OH is 1. The van der Waals surface area contributed by atoms with Crippen LogP contribution in [0.15, 0.2) is 6.20 Å². The lowest BCUT2D eigenvalue weighted by molar-refractivity contribution is 0.203. The van der Waals surface area contributed by atoms with Crippen LogP contribution in [0.4, 0.5) is 0 Å². The van der Waals surface area contributed by atoms with Gasteiger partial charge < -0.3 is 9.67 Å². The van der Waals surface area contributed by atoms with Crippen LogP contribution in [0.5, 0.6) is 0 Å². The van der Waals surface area contributed by atoms with Crippen LogP contribution in [-0.4, -0.2) is 32.8 Å². The van der Waals surface area contributed by atoms with Gasteiger partial charge in [-0.3, -0.25) is 0 Å². The Kier molecular flexibility index (Phi) is 2.94. The number of hydrogen-bond acceptors (Lipinski definition) is 3. The van der Waals surface area contributed by atoms with Crippen LogP contribution >= 0.6 is 11.8 Å². The van der Waals surface area contributed by atoms with Gasteiger partial charge in [0.2, 0.25) is 0 Å². The van der Waals surface area contributed by atoms with Gasteiger partial charge in [-0.15, -0.1) is 0 Å². The maximum absolute atomic E-state index is 9.47. The van der Waals surface area contributed by atoms with Crippen LogP contribution in [-0.2, 0) is 6.42 Å². The van der Waals surface area contributed by atoms with Crippen molar-refractivity contribution >= 4 is 11.8 Å². The van der Waals surface area contributed by atoms with Crippen LogP contribution < -0.4 is 0 Å². The first-order valence-electron chi connectivity index (χ1n) is 6.14. The lowest BCUT2D eigenvalue weighted by Gasteiger charge is -2.27. The molecule has 1 fully saturated rings. The van der Waals surface area contributed by atoms with Crippen LogP contribution in [0.1, 0.15) is 42.7 Å². The summed E-state index contributed by atoms with van der Waals surface area (Å²) >= 11 is 2.02.